The summed E-state index contributed by atoms with van der Waals surface area (Å²) in [5.74, 6) is 0.834. The van der Waals surface area contributed by atoms with E-state index in [0.717, 1.165) is 42.4 Å². The maximum absolute atomic E-state index is 14.2. The fourth-order valence-corrected chi connectivity index (χ4v) is 3.81. The summed E-state index contributed by atoms with van der Waals surface area (Å²) in [6.45, 7) is 6.69. The number of ether oxygens (including phenoxy) is 1. The molecule has 0 saturated carbocycles. The lowest BCUT2D eigenvalue weighted by Crippen LogP contribution is -2.09. The molecule has 156 valence electrons. The van der Waals surface area contributed by atoms with Crippen molar-refractivity contribution in [2.24, 2.45) is 0 Å². The van der Waals surface area contributed by atoms with Crippen molar-refractivity contribution in [3.05, 3.63) is 99.9 Å². The van der Waals surface area contributed by atoms with Gasteiger partial charge in [0.05, 0.1) is 6.61 Å². The van der Waals surface area contributed by atoms with Crippen LogP contribution in [0.15, 0.2) is 60.7 Å². The molecule has 2 nitrogen and oxygen atoms in total. The van der Waals surface area contributed by atoms with E-state index in [4.69, 9.17) is 4.74 Å². The van der Waals surface area contributed by atoms with E-state index in [-0.39, 0.29) is 11.7 Å². The van der Waals surface area contributed by atoms with Gasteiger partial charge < -0.3 is 4.74 Å². The Morgan fingerprint density at radius 3 is 2.43 bits per heavy atom. The summed E-state index contributed by atoms with van der Waals surface area (Å²) < 4.78 is 20.1. The number of carbonyl (C=O) groups is 1. The SMILES string of the molecule is Cc1ccc(C[C@@H](CCCOc2ccc(C=O)cc2)c2cccc(F)c2C)cc1C. The third kappa shape index (κ3) is 5.56. The van der Waals surface area contributed by atoms with E-state index in [1.165, 1.54) is 22.8 Å². The van der Waals surface area contributed by atoms with Gasteiger partial charge in [0.1, 0.15) is 17.9 Å². The van der Waals surface area contributed by atoms with Crippen molar-refractivity contribution in [2.45, 2.75) is 46.0 Å². The van der Waals surface area contributed by atoms with E-state index in [0.29, 0.717) is 12.2 Å². The third-order valence-electron chi connectivity index (χ3n) is 5.78. The summed E-state index contributed by atoms with van der Waals surface area (Å²) in [5.41, 5.74) is 6.28. The van der Waals surface area contributed by atoms with Crippen LogP contribution in [0.1, 0.15) is 56.9 Å². The van der Waals surface area contributed by atoms with Gasteiger partial charge in [-0.05, 0) is 104 Å². The number of aldehydes is 1. The summed E-state index contributed by atoms with van der Waals surface area (Å²) in [7, 11) is 0. The normalized spacial score (nSPS) is 11.9. The summed E-state index contributed by atoms with van der Waals surface area (Å²) in [5, 5.41) is 0. The lowest BCUT2D eigenvalue weighted by molar-refractivity contribution is 0.112. The van der Waals surface area contributed by atoms with Crippen LogP contribution in [0, 0.1) is 26.6 Å². The standard InChI is InChI=1S/C27H29FO2/c1-19-9-10-23(16-20(19)2)17-24(26-7-4-8-27(28)21(26)3)6-5-15-30-25-13-11-22(18-29)12-14-25/h4,7-14,16,18,24H,5-6,15,17H2,1-3H3/t24-/m1/s1. The first-order valence-corrected chi connectivity index (χ1v) is 10.5. The van der Waals surface area contributed by atoms with E-state index in [1.54, 1.807) is 18.2 Å². The Morgan fingerprint density at radius 2 is 1.73 bits per heavy atom. The highest BCUT2D eigenvalue weighted by molar-refractivity contribution is 5.74. The van der Waals surface area contributed by atoms with E-state index in [9.17, 15) is 9.18 Å². The Labute approximate surface area is 178 Å². The molecule has 0 aromatic heterocycles. The van der Waals surface area contributed by atoms with Gasteiger partial charge in [0, 0.05) is 5.56 Å². The average Bonchev–Trinajstić information content (AvgIpc) is 2.75. The maximum Gasteiger partial charge on any atom is 0.150 e. The predicted octanol–water partition coefficient (Wildman–Crippen LogP) is 6.75. The highest BCUT2D eigenvalue weighted by atomic mass is 19.1. The van der Waals surface area contributed by atoms with Crippen LogP contribution < -0.4 is 4.74 Å². The summed E-state index contributed by atoms with van der Waals surface area (Å²) in [4.78, 5) is 10.8. The molecule has 0 amide bonds. The van der Waals surface area contributed by atoms with Crippen LogP contribution in [0.5, 0.6) is 5.75 Å². The minimum absolute atomic E-state index is 0.149. The van der Waals surface area contributed by atoms with Gasteiger partial charge in [0.15, 0.2) is 0 Å². The predicted molar refractivity (Wildman–Crippen MR) is 120 cm³/mol. The Bertz CT molecular complexity index is 992. The van der Waals surface area contributed by atoms with Crippen LogP contribution >= 0.6 is 0 Å². The highest BCUT2D eigenvalue weighted by Crippen LogP contribution is 2.30. The monoisotopic (exact) mass is 404 g/mol. The molecule has 3 rings (SSSR count). The van der Waals surface area contributed by atoms with Gasteiger partial charge in [0.2, 0.25) is 0 Å². The van der Waals surface area contributed by atoms with E-state index < -0.39 is 0 Å². The van der Waals surface area contributed by atoms with Gasteiger partial charge in [-0.2, -0.15) is 0 Å². The molecule has 3 heteroatoms. The molecule has 0 fully saturated rings. The molecule has 3 aromatic rings. The summed E-state index contributed by atoms with van der Waals surface area (Å²) >= 11 is 0. The van der Waals surface area contributed by atoms with Gasteiger partial charge in [0.25, 0.3) is 0 Å². The van der Waals surface area contributed by atoms with Gasteiger partial charge in [-0.1, -0.05) is 30.3 Å². The smallest absolute Gasteiger partial charge is 0.150 e. The number of benzene rings is 3. The molecule has 0 saturated heterocycles. The Hall–Kier alpha value is -2.94. The minimum atomic E-state index is -0.149. The Morgan fingerprint density at radius 1 is 0.967 bits per heavy atom. The number of hydrogen-bond donors (Lipinski definition) is 0. The fourth-order valence-electron chi connectivity index (χ4n) is 3.81. The van der Waals surface area contributed by atoms with Crippen molar-refractivity contribution in [3.63, 3.8) is 0 Å². The summed E-state index contributed by atoms with van der Waals surface area (Å²) in [6, 6.07) is 19.1. The van der Waals surface area contributed by atoms with Crippen LogP contribution in [0.3, 0.4) is 0 Å². The molecule has 0 spiro atoms. The van der Waals surface area contributed by atoms with Crippen LogP contribution in [0.2, 0.25) is 0 Å². The van der Waals surface area contributed by atoms with Gasteiger partial charge in [-0.3, -0.25) is 4.79 Å². The van der Waals surface area contributed by atoms with E-state index in [1.807, 2.05) is 25.1 Å². The number of hydrogen-bond acceptors (Lipinski definition) is 2. The quantitative estimate of drug-likeness (QED) is 0.291. The zero-order valence-corrected chi connectivity index (χ0v) is 18.0. The van der Waals surface area contributed by atoms with Crippen molar-refractivity contribution in [2.75, 3.05) is 6.61 Å². The zero-order chi connectivity index (χ0) is 21.5. The van der Waals surface area contributed by atoms with E-state index >= 15 is 0 Å². The molecule has 0 unspecified atom stereocenters. The average molecular weight is 405 g/mol. The number of carbonyl (C=O) groups excluding carboxylic acids is 1. The molecule has 0 aliphatic carbocycles. The first kappa shape index (κ1) is 21.8. The number of halogens is 1. The van der Waals surface area contributed by atoms with Crippen molar-refractivity contribution in [1.82, 2.24) is 0 Å². The molecule has 0 N–H and O–H groups in total. The molecule has 0 radical (unpaired) electrons. The lowest BCUT2D eigenvalue weighted by atomic mass is 9.85. The van der Waals surface area contributed by atoms with Gasteiger partial charge in [-0.25, -0.2) is 4.39 Å². The molecular weight excluding hydrogens is 375 g/mol. The van der Waals surface area contributed by atoms with Crippen LogP contribution in [-0.4, -0.2) is 12.9 Å². The largest absolute Gasteiger partial charge is 0.494 e. The van der Waals surface area contributed by atoms with Crippen LogP contribution in [0.4, 0.5) is 4.39 Å². The molecule has 0 heterocycles. The van der Waals surface area contributed by atoms with Crippen molar-refractivity contribution in [1.29, 1.82) is 0 Å². The summed E-state index contributed by atoms with van der Waals surface area (Å²) in [6.07, 6.45) is 3.46. The van der Waals surface area contributed by atoms with Crippen molar-refractivity contribution in [3.8, 4) is 5.75 Å². The molecule has 3 aromatic carbocycles. The second-order valence-electron chi connectivity index (χ2n) is 7.95. The molecular formula is C27H29FO2. The molecule has 1 atom stereocenters. The second-order valence-corrected chi connectivity index (χ2v) is 7.95. The fraction of sp³-hybridized carbons (Fsp3) is 0.296. The molecule has 0 aliphatic heterocycles. The third-order valence-corrected chi connectivity index (χ3v) is 5.78. The highest BCUT2D eigenvalue weighted by Gasteiger charge is 2.17. The Balaban J connectivity index is 1.69. The molecule has 0 aliphatic rings. The number of aryl methyl sites for hydroxylation is 2. The van der Waals surface area contributed by atoms with Crippen molar-refractivity contribution < 1.29 is 13.9 Å². The minimum Gasteiger partial charge on any atom is -0.494 e. The van der Waals surface area contributed by atoms with Crippen LogP contribution in [0.25, 0.3) is 0 Å². The van der Waals surface area contributed by atoms with Gasteiger partial charge >= 0.3 is 0 Å². The van der Waals surface area contributed by atoms with Crippen molar-refractivity contribution >= 4 is 6.29 Å². The first-order valence-electron chi connectivity index (χ1n) is 10.5. The lowest BCUT2D eigenvalue weighted by Gasteiger charge is -2.21. The zero-order valence-electron chi connectivity index (χ0n) is 18.0. The maximum atomic E-state index is 14.2. The number of rotatable bonds is 9. The van der Waals surface area contributed by atoms with E-state index in [2.05, 4.69) is 32.0 Å². The second kappa shape index (κ2) is 10.2. The first-order chi connectivity index (χ1) is 14.5. The topological polar surface area (TPSA) is 26.3 Å². The van der Waals surface area contributed by atoms with Crippen LogP contribution in [-0.2, 0) is 6.42 Å². The Kier molecular flexibility index (Phi) is 7.40. The van der Waals surface area contributed by atoms with Gasteiger partial charge in [-0.15, -0.1) is 0 Å². The molecule has 0 bridgehead atoms. The molecule has 30 heavy (non-hydrogen) atoms.